The van der Waals surface area contributed by atoms with Crippen molar-refractivity contribution in [2.75, 3.05) is 0 Å². The molecule has 0 amide bonds. The minimum atomic E-state index is -3.51. The van der Waals surface area contributed by atoms with Crippen LogP contribution in [0.1, 0.15) is 46.0 Å². The molecule has 0 radical (unpaired) electrons. The Morgan fingerprint density at radius 3 is 2.63 bits per heavy atom. The molecule has 0 bridgehead atoms. The van der Waals surface area contributed by atoms with Crippen LogP contribution in [-0.4, -0.2) is 19.4 Å². The summed E-state index contributed by atoms with van der Waals surface area (Å²) in [5.74, 6) is 0. The Kier molecular flexibility index (Phi) is 6.75. The molecule has 0 saturated heterocycles. The molecular formula is C13H21ClN2O2S. The Morgan fingerprint density at radius 1 is 1.32 bits per heavy atom. The number of pyridine rings is 1. The van der Waals surface area contributed by atoms with Gasteiger partial charge in [-0.15, -0.1) is 0 Å². The highest BCUT2D eigenvalue weighted by Gasteiger charge is 2.19. The van der Waals surface area contributed by atoms with Crippen molar-refractivity contribution in [3.8, 4) is 0 Å². The number of halogens is 1. The first kappa shape index (κ1) is 16.4. The lowest BCUT2D eigenvalue weighted by atomic mass is 10.1. The molecule has 1 N–H and O–H groups in total. The van der Waals surface area contributed by atoms with Gasteiger partial charge in [0.1, 0.15) is 5.15 Å². The van der Waals surface area contributed by atoms with Gasteiger partial charge in [0.05, 0.1) is 4.90 Å². The highest BCUT2D eigenvalue weighted by molar-refractivity contribution is 7.89. The summed E-state index contributed by atoms with van der Waals surface area (Å²) in [7, 11) is -3.51. The molecule has 0 aliphatic heterocycles. The van der Waals surface area contributed by atoms with Crippen LogP contribution in [0, 0.1) is 0 Å². The molecule has 1 aromatic rings. The number of hydrogen-bond donors (Lipinski definition) is 1. The van der Waals surface area contributed by atoms with Crippen molar-refractivity contribution < 1.29 is 8.42 Å². The maximum Gasteiger partial charge on any atom is 0.240 e. The van der Waals surface area contributed by atoms with E-state index in [2.05, 4.69) is 23.6 Å². The van der Waals surface area contributed by atoms with Crippen molar-refractivity contribution in [3.05, 3.63) is 23.5 Å². The van der Waals surface area contributed by atoms with E-state index < -0.39 is 10.0 Å². The summed E-state index contributed by atoms with van der Waals surface area (Å²) >= 11 is 5.73. The highest BCUT2D eigenvalue weighted by Crippen LogP contribution is 2.15. The zero-order valence-corrected chi connectivity index (χ0v) is 13.0. The standard InChI is InChI=1S/C13H21ClN2O2S/c1-3-5-7-11(6-4-2)16-19(17,18)12-8-9-15-13(14)10-12/h8-11,16H,3-7H2,1-2H3. The lowest BCUT2D eigenvalue weighted by Gasteiger charge is -2.17. The number of aromatic nitrogens is 1. The average molecular weight is 305 g/mol. The first-order valence-electron chi connectivity index (χ1n) is 6.63. The Bertz CT molecular complexity index is 491. The predicted molar refractivity (Wildman–Crippen MR) is 77.8 cm³/mol. The van der Waals surface area contributed by atoms with E-state index in [1.54, 1.807) is 0 Å². The van der Waals surface area contributed by atoms with Crippen LogP contribution in [0.15, 0.2) is 23.2 Å². The summed E-state index contributed by atoms with van der Waals surface area (Å²) in [6.07, 6.45) is 6.14. The summed E-state index contributed by atoms with van der Waals surface area (Å²) in [5, 5.41) is 0.184. The fraction of sp³-hybridized carbons (Fsp3) is 0.615. The zero-order valence-electron chi connectivity index (χ0n) is 11.4. The number of unbranched alkanes of at least 4 members (excludes halogenated alkanes) is 1. The first-order chi connectivity index (χ1) is 8.99. The molecule has 108 valence electrons. The van der Waals surface area contributed by atoms with Crippen LogP contribution in [0.25, 0.3) is 0 Å². The van der Waals surface area contributed by atoms with Gasteiger partial charge < -0.3 is 0 Å². The Hall–Kier alpha value is -0.650. The van der Waals surface area contributed by atoms with Crippen molar-refractivity contribution in [2.24, 2.45) is 0 Å². The number of hydrogen-bond acceptors (Lipinski definition) is 3. The van der Waals surface area contributed by atoms with Crippen molar-refractivity contribution >= 4 is 21.6 Å². The van der Waals surface area contributed by atoms with Gasteiger partial charge in [0, 0.05) is 12.2 Å². The molecule has 1 atom stereocenters. The summed E-state index contributed by atoms with van der Waals surface area (Å²) in [5.41, 5.74) is 0. The van der Waals surface area contributed by atoms with Gasteiger partial charge in [-0.05, 0) is 25.0 Å². The molecule has 1 aromatic heterocycles. The number of rotatable bonds is 8. The van der Waals surface area contributed by atoms with E-state index in [-0.39, 0.29) is 16.1 Å². The first-order valence-corrected chi connectivity index (χ1v) is 8.49. The second-order valence-corrected chi connectivity index (χ2v) is 6.66. The SMILES string of the molecule is CCCCC(CCC)NS(=O)(=O)c1ccnc(Cl)c1. The molecular weight excluding hydrogens is 284 g/mol. The van der Waals surface area contributed by atoms with Gasteiger partial charge in [-0.25, -0.2) is 18.1 Å². The molecule has 1 rings (SSSR count). The second kappa shape index (κ2) is 7.82. The van der Waals surface area contributed by atoms with Crippen LogP contribution in [0.2, 0.25) is 5.15 Å². The molecule has 0 aromatic carbocycles. The molecule has 4 nitrogen and oxygen atoms in total. The quantitative estimate of drug-likeness (QED) is 0.749. The van der Waals surface area contributed by atoms with E-state index in [1.807, 2.05) is 0 Å². The van der Waals surface area contributed by atoms with E-state index >= 15 is 0 Å². The molecule has 0 spiro atoms. The largest absolute Gasteiger partial charge is 0.244 e. The fourth-order valence-electron chi connectivity index (χ4n) is 1.90. The fourth-order valence-corrected chi connectivity index (χ4v) is 3.46. The average Bonchev–Trinajstić information content (AvgIpc) is 2.36. The molecule has 0 saturated carbocycles. The van der Waals surface area contributed by atoms with Crippen molar-refractivity contribution in [2.45, 2.75) is 56.9 Å². The zero-order chi connectivity index (χ0) is 14.3. The smallest absolute Gasteiger partial charge is 0.240 e. The number of sulfonamides is 1. The van der Waals surface area contributed by atoms with Crippen LogP contribution >= 0.6 is 11.6 Å². The van der Waals surface area contributed by atoms with E-state index in [4.69, 9.17) is 11.6 Å². The molecule has 0 fully saturated rings. The third-order valence-electron chi connectivity index (χ3n) is 2.87. The molecule has 0 aliphatic carbocycles. The van der Waals surface area contributed by atoms with Crippen molar-refractivity contribution in [1.82, 2.24) is 9.71 Å². The maximum atomic E-state index is 12.2. The molecule has 1 unspecified atom stereocenters. The Labute approximate surface area is 120 Å². The van der Waals surface area contributed by atoms with E-state index in [0.29, 0.717) is 0 Å². The Morgan fingerprint density at radius 2 is 2.05 bits per heavy atom. The van der Waals surface area contributed by atoms with Crippen LogP contribution in [0.4, 0.5) is 0 Å². The van der Waals surface area contributed by atoms with Crippen molar-refractivity contribution in [3.63, 3.8) is 0 Å². The van der Waals surface area contributed by atoms with Crippen LogP contribution in [0.3, 0.4) is 0 Å². The summed E-state index contributed by atoms with van der Waals surface area (Å²) in [6, 6.07) is 2.81. The van der Waals surface area contributed by atoms with Gasteiger partial charge in [0.2, 0.25) is 10.0 Å². The summed E-state index contributed by atoms with van der Waals surface area (Å²) in [4.78, 5) is 3.96. The number of nitrogens with one attached hydrogen (secondary N) is 1. The Balaban J connectivity index is 2.81. The third-order valence-corrected chi connectivity index (χ3v) is 4.60. The third kappa shape index (κ3) is 5.47. The van der Waals surface area contributed by atoms with E-state index in [9.17, 15) is 8.42 Å². The summed E-state index contributed by atoms with van der Waals surface area (Å²) < 4.78 is 27.2. The normalized spacial score (nSPS) is 13.4. The lowest BCUT2D eigenvalue weighted by molar-refractivity contribution is 0.483. The van der Waals surface area contributed by atoms with Crippen LogP contribution < -0.4 is 4.72 Å². The van der Waals surface area contributed by atoms with E-state index in [1.165, 1.54) is 18.3 Å². The van der Waals surface area contributed by atoms with Gasteiger partial charge in [0.25, 0.3) is 0 Å². The van der Waals surface area contributed by atoms with Crippen LogP contribution in [-0.2, 0) is 10.0 Å². The minimum absolute atomic E-state index is 0.0121. The number of nitrogens with zero attached hydrogens (tertiary/aromatic N) is 1. The van der Waals surface area contributed by atoms with Gasteiger partial charge in [-0.1, -0.05) is 44.7 Å². The van der Waals surface area contributed by atoms with E-state index in [0.717, 1.165) is 32.1 Å². The molecule has 1 heterocycles. The van der Waals surface area contributed by atoms with Crippen LogP contribution in [0.5, 0.6) is 0 Å². The van der Waals surface area contributed by atoms with Gasteiger partial charge >= 0.3 is 0 Å². The van der Waals surface area contributed by atoms with Gasteiger partial charge in [0.15, 0.2) is 0 Å². The van der Waals surface area contributed by atoms with Gasteiger partial charge in [-0.3, -0.25) is 0 Å². The summed E-state index contributed by atoms with van der Waals surface area (Å²) in [6.45, 7) is 4.15. The molecule has 6 heteroatoms. The highest BCUT2D eigenvalue weighted by atomic mass is 35.5. The topological polar surface area (TPSA) is 59.1 Å². The van der Waals surface area contributed by atoms with Crippen molar-refractivity contribution in [1.29, 1.82) is 0 Å². The predicted octanol–water partition coefficient (Wildman–Crippen LogP) is 3.37. The van der Waals surface area contributed by atoms with Gasteiger partial charge in [-0.2, -0.15) is 0 Å². The lowest BCUT2D eigenvalue weighted by Crippen LogP contribution is -2.34. The maximum absolute atomic E-state index is 12.2. The molecule has 0 aliphatic rings. The minimum Gasteiger partial charge on any atom is -0.244 e. The molecule has 19 heavy (non-hydrogen) atoms. The monoisotopic (exact) mass is 304 g/mol. The second-order valence-electron chi connectivity index (χ2n) is 4.56.